The number of rotatable bonds is 0. The first kappa shape index (κ1) is 7.31. The summed E-state index contributed by atoms with van der Waals surface area (Å²) in [7, 11) is 0. The molecule has 1 aromatic heterocycles. The van der Waals surface area contributed by atoms with Crippen molar-refractivity contribution in [2.45, 2.75) is 0 Å². The molecule has 0 saturated heterocycles. The third kappa shape index (κ3) is 1.19. The molecule has 0 saturated carbocycles. The van der Waals surface area contributed by atoms with Crippen LogP contribution in [0.3, 0.4) is 0 Å². The number of hydrogen-bond donors (Lipinski definition) is 2. The number of hydrogen-bond acceptors (Lipinski definition) is 2. The molecule has 1 aromatic carbocycles. The Balaban J connectivity index is 2.90. The van der Waals surface area contributed by atoms with E-state index in [1.807, 2.05) is 0 Å². The van der Waals surface area contributed by atoms with E-state index in [0.29, 0.717) is 10.6 Å². The van der Waals surface area contributed by atoms with Crippen LogP contribution in [-0.4, -0.2) is 9.97 Å². The first-order valence-corrected chi connectivity index (χ1v) is 3.84. The van der Waals surface area contributed by atoms with Crippen LogP contribution < -0.4 is 5.36 Å². The topological polar surface area (TPSA) is 52.5 Å². The second-order valence-corrected chi connectivity index (χ2v) is 2.81. The van der Waals surface area contributed by atoms with Gasteiger partial charge in [-0.2, -0.15) is 0 Å². The zero-order valence-corrected chi connectivity index (χ0v) is 6.89. The average molecular weight is 180 g/mol. The number of aromatic amines is 1. The van der Waals surface area contributed by atoms with E-state index >= 15 is 0 Å². The molecule has 3 nitrogen and oxygen atoms in total. The summed E-state index contributed by atoms with van der Waals surface area (Å²) in [5, 5.41) is 8.18. The van der Waals surface area contributed by atoms with Crippen molar-refractivity contribution in [3.8, 4) is 0 Å². The third-order valence-corrected chi connectivity index (χ3v) is 1.76. The second kappa shape index (κ2) is 2.60. The first-order valence-electron chi connectivity index (χ1n) is 3.46. The first-order chi connectivity index (χ1) is 5.75. The minimum absolute atomic E-state index is 0.378. The Labute approximate surface area is 73.5 Å². The molecular weight excluding hydrogens is 174 g/mol. The number of imidazole rings is 1. The lowest BCUT2D eigenvalue weighted by Gasteiger charge is -1.73. The van der Waals surface area contributed by atoms with E-state index in [0.717, 1.165) is 11.0 Å². The molecule has 60 valence electrons. The van der Waals surface area contributed by atoms with Crippen molar-refractivity contribution in [2.75, 3.05) is 0 Å². The van der Waals surface area contributed by atoms with E-state index in [-0.39, 0.29) is 0 Å². The van der Waals surface area contributed by atoms with Crippen LogP contribution in [0.4, 0.5) is 0 Å². The number of halogens is 1. The van der Waals surface area contributed by atoms with Crippen LogP contribution in [0.15, 0.2) is 24.3 Å². The summed E-state index contributed by atoms with van der Waals surface area (Å²) in [5.41, 5.74) is 1.62. The molecule has 0 aliphatic carbocycles. The Morgan fingerprint density at radius 3 is 2.83 bits per heavy atom. The number of fused-ring (bicyclic) bond motifs is 1. The maximum Gasteiger partial charge on any atom is 0.201 e. The zero-order chi connectivity index (χ0) is 8.55. The van der Waals surface area contributed by atoms with Crippen molar-refractivity contribution >= 4 is 22.6 Å². The predicted molar refractivity (Wildman–Crippen MR) is 47.0 cm³/mol. The smallest absolute Gasteiger partial charge is 0.201 e. The fourth-order valence-corrected chi connectivity index (χ4v) is 1.21. The van der Waals surface area contributed by atoms with Gasteiger partial charge in [0.2, 0.25) is 5.28 Å². The minimum atomic E-state index is 0.378. The van der Waals surface area contributed by atoms with E-state index in [1.165, 1.54) is 0 Å². The van der Waals surface area contributed by atoms with Gasteiger partial charge in [0.1, 0.15) is 0 Å². The van der Waals surface area contributed by atoms with Crippen LogP contribution >= 0.6 is 11.6 Å². The van der Waals surface area contributed by atoms with Crippen molar-refractivity contribution in [1.82, 2.24) is 9.97 Å². The molecule has 0 radical (unpaired) electrons. The van der Waals surface area contributed by atoms with Crippen molar-refractivity contribution in [1.29, 1.82) is 5.41 Å². The Morgan fingerprint density at radius 2 is 2.00 bits per heavy atom. The Morgan fingerprint density at radius 1 is 1.25 bits per heavy atom. The molecule has 0 amide bonds. The molecular formula is C8H6ClN3. The maximum absolute atomic E-state index is 7.35. The Kier molecular flexibility index (Phi) is 1.59. The lowest BCUT2D eigenvalue weighted by molar-refractivity contribution is 1.28. The van der Waals surface area contributed by atoms with Crippen LogP contribution in [0.1, 0.15) is 0 Å². The summed E-state index contributed by atoms with van der Waals surface area (Å²) in [6.45, 7) is 0. The van der Waals surface area contributed by atoms with Crippen molar-refractivity contribution < 1.29 is 0 Å². The second-order valence-electron chi connectivity index (χ2n) is 2.45. The standard InChI is InChI=1S/C8H6ClN3/c9-8-11-6-3-1-5(10)2-4-7(6)12-8/h1-4,10H,(H,11,12). The van der Waals surface area contributed by atoms with Crippen molar-refractivity contribution in [3.63, 3.8) is 0 Å². The van der Waals surface area contributed by atoms with Gasteiger partial charge in [-0.3, -0.25) is 0 Å². The van der Waals surface area contributed by atoms with E-state index in [1.54, 1.807) is 24.3 Å². The maximum atomic E-state index is 7.35. The molecule has 4 heteroatoms. The number of nitrogens with one attached hydrogen (secondary N) is 2. The average Bonchev–Trinajstić information content (AvgIpc) is 2.31. The lowest BCUT2D eigenvalue weighted by Crippen LogP contribution is -1.88. The molecule has 0 fully saturated rings. The van der Waals surface area contributed by atoms with Crippen LogP contribution in [0.2, 0.25) is 5.28 Å². The zero-order valence-electron chi connectivity index (χ0n) is 6.13. The highest BCUT2D eigenvalue weighted by Crippen LogP contribution is 2.10. The highest BCUT2D eigenvalue weighted by molar-refractivity contribution is 6.29. The van der Waals surface area contributed by atoms with Gasteiger partial charge < -0.3 is 10.4 Å². The molecule has 2 N–H and O–H groups in total. The Bertz CT molecular complexity index is 435. The van der Waals surface area contributed by atoms with Crippen molar-refractivity contribution in [2.24, 2.45) is 0 Å². The Hall–Kier alpha value is -1.35. The summed E-state index contributed by atoms with van der Waals surface area (Å²) in [6, 6.07) is 6.92. The molecule has 0 bridgehead atoms. The molecule has 0 atom stereocenters. The summed E-state index contributed by atoms with van der Waals surface area (Å²) >= 11 is 5.65. The van der Waals surface area contributed by atoms with Crippen molar-refractivity contribution in [3.05, 3.63) is 34.9 Å². The number of H-pyrrole nitrogens is 1. The fraction of sp³-hybridized carbons (Fsp3) is 0. The van der Waals surface area contributed by atoms with Gasteiger partial charge in [0, 0.05) is 0 Å². The van der Waals surface area contributed by atoms with Crippen LogP contribution in [0.25, 0.3) is 11.0 Å². The van der Waals surface area contributed by atoms with E-state index in [4.69, 9.17) is 17.0 Å². The lowest BCUT2D eigenvalue weighted by atomic mass is 10.4. The third-order valence-electron chi connectivity index (χ3n) is 1.58. The van der Waals surface area contributed by atoms with Gasteiger partial charge in [0.25, 0.3) is 0 Å². The largest absolute Gasteiger partial charge is 0.329 e. The summed E-state index contributed by atoms with van der Waals surface area (Å²) in [4.78, 5) is 6.90. The molecule has 2 rings (SSSR count). The van der Waals surface area contributed by atoms with Gasteiger partial charge in [-0.05, 0) is 35.9 Å². The summed E-state index contributed by atoms with van der Waals surface area (Å²) in [5.74, 6) is 0. The summed E-state index contributed by atoms with van der Waals surface area (Å²) < 4.78 is 0. The fourth-order valence-electron chi connectivity index (χ4n) is 1.02. The van der Waals surface area contributed by atoms with Gasteiger partial charge >= 0.3 is 0 Å². The predicted octanol–water partition coefficient (Wildman–Crippen LogP) is 1.70. The normalized spacial score (nSPS) is 10.4. The monoisotopic (exact) mass is 179 g/mol. The van der Waals surface area contributed by atoms with Gasteiger partial charge in [-0.15, -0.1) is 0 Å². The minimum Gasteiger partial charge on any atom is -0.329 e. The van der Waals surface area contributed by atoms with E-state index in [9.17, 15) is 0 Å². The molecule has 0 unspecified atom stereocenters. The number of nitrogens with zero attached hydrogens (tertiary/aromatic N) is 1. The van der Waals surface area contributed by atoms with E-state index in [2.05, 4.69) is 9.97 Å². The number of aromatic nitrogens is 2. The van der Waals surface area contributed by atoms with Gasteiger partial charge in [0.05, 0.1) is 16.4 Å². The molecule has 2 aromatic rings. The van der Waals surface area contributed by atoms with Gasteiger partial charge in [-0.1, -0.05) is 0 Å². The highest BCUT2D eigenvalue weighted by Gasteiger charge is 1.95. The van der Waals surface area contributed by atoms with Gasteiger partial charge in [-0.25, -0.2) is 4.98 Å². The molecule has 0 aliphatic rings. The van der Waals surface area contributed by atoms with Crippen LogP contribution in [0, 0.1) is 5.41 Å². The van der Waals surface area contributed by atoms with Crippen LogP contribution in [-0.2, 0) is 0 Å². The molecule has 0 aliphatic heterocycles. The quantitative estimate of drug-likeness (QED) is 0.636. The van der Waals surface area contributed by atoms with Crippen LogP contribution in [0.5, 0.6) is 0 Å². The molecule has 1 heterocycles. The van der Waals surface area contributed by atoms with E-state index < -0.39 is 0 Å². The SMILES string of the molecule is N=c1ccc2nc(Cl)[nH]c2cc1. The molecule has 12 heavy (non-hydrogen) atoms. The molecule has 0 spiro atoms. The summed E-state index contributed by atoms with van der Waals surface area (Å²) in [6.07, 6.45) is 0. The van der Waals surface area contributed by atoms with Gasteiger partial charge in [0.15, 0.2) is 0 Å². The highest BCUT2D eigenvalue weighted by atomic mass is 35.5.